The van der Waals surface area contributed by atoms with Crippen LogP contribution in [0.5, 0.6) is 0 Å². The second kappa shape index (κ2) is 4.73. The third kappa shape index (κ3) is 9.99. The van der Waals surface area contributed by atoms with Crippen molar-refractivity contribution in [3.8, 4) is 0 Å². The maximum atomic E-state index is 5.03. The monoisotopic (exact) mass is 246 g/mol. The molecule has 2 nitrogen and oxygen atoms in total. The van der Waals surface area contributed by atoms with E-state index >= 15 is 0 Å². The lowest BCUT2D eigenvalue weighted by atomic mass is 10.2. The Labute approximate surface area is 69.1 Å². The lowest BCUT2D eigenvalue weighted by Gasteiger charge is -2.13. The van der Waals surface area contributed by atoms with Crippen LogP contribution in [0.4, 0.5) is 0 Å². The molecule has 8 heavy (non-hydrogen) atoms. The van der Waals surface area contributed by atoms with Crippen molar-refractivity contribution in [3.05, 3.63) is 0 Å². The quantitative estimate of drug-likeness (QED) is 0.437. The smallest absolute Gasteiger partial charge is 0.0339 e. The number of hydrogen-bond acceptors (Lipinski definition) is 2. The lowest BCUT2D eigenvalue weighted by Crippen LogP contribution is -2.34. The van der Waals surface area contributed by atoms with Crippen LogP contribution in [-0.4, -0.2) is 10.9 Å². The zero-order chi connectivity index (χ0) is 5.91. The Morgan fingerprint density at radius 3 is 2.00 bits per heavy atom. The second-order valence-corrected chi connectivity index (χ2v) is 4.25. The van der Waals surface area contributed by atoms with Crippen LogP contribution >= 0.6 is 32.9 Å². The summed E-state index contributed by atoms with van der Waals surface area (Å²) in [5.41, 5.74) is 2.56. The van der Waals surface area contributed by atoms with E-state index in [1.165, 1.54) is 0 Å². The Morgan fingerprint density at radius 1 is 1.62 bits per heavy atom. The number of nitrogens with two attached hydrogens (primary N) is 1. The average Bonchev–Trinajstić information content (AvgIpc) is 1.30. The minimum absolute atomic E-state index is 0. The van der Waals surface area contributed by atoms with Gasteiger partial charge in [-0.2, -0.15) is 0 Å². The van der Waals surface area contributed by atoms with Gasteiger partial charge in [0.25, 0.3) is 0 Å². The molecule has 0 aromatic rings. The first-order valence-electron chi connectivity index (χ1n) is 2.18. The van der Waals surface area contributed by atoms with Crippen LogP contribution in [0.3, 0.4) is 0 Å². The van der Waals surface area contributed by atoms with Crippen LogP contribution in [0.2, 0.25) is 0 Å². The van der Waals surface area contributed by atoms with Crippen molar-refractivity contribution in [3.63, 3.8) is 0 Å². The summed E-state index contributed by atoms with van der Waals surface area (Å²) in [6.45, 7) is 4.88. The minimum Gasteiger partial charge on any atom is -0.271 e. The van der Waals surface area contributed by atoms with E-state index in [0.717, 1.165) is 6.54 Å². The third-order valence-electron chi connectivity index (χ3n) is 0.522. The number of rotatable bonds is 2. The fourth-order valence-electron chi connectivity index (χ4n) is 0.243. The van der Waals surface area contributed by atoms with Gasteiger partial charge in [0.15, 0.2) is 0 Å². The van der Waals surface area contributed by atoms with Gasteiger partial charge in [-0.05, 0) is 13.8 Å². The molecule has 0 bridgehead atoms. The van der Waals surface area contributed by atoms with E-state index in [1.807, 2.05) is 13.8 Å². The Hall–Kier alpha value is 0.880. The van der Waals surface area contributed by atoms with Gasteiger partial charge in [-0.3, -0.25) is 11.3 Å². The van der Waals surface area contributed by atoms with Gasteiger partial charge in [0, 0.05) is 10.9 Å². The van der Waals surface area contributed by atoms with Gasteiger partial charge in [-0.15, -0.1) is 17.0 Å². The van der Waals surface area contributed by atoms with Crippen molar-refractivity contribution in [2.24, 2.45) is 5.84 Å². The van der Waals surface area contributed by atoms with Crippen LogP contribution in [0, 0.1) is 0 Å². The van der Waals surface area contributed by atoms with Crippen LogP contribution in [-0.2, 0) is 0 Å². The highest BCUT2D eigenvalue weighted by Gasteiger charge is 2.09. The fourth-order valence-corrected chi connectivity index (χ4v) is 0.405. The molecular weight excluding hydrogens is 236 g/mol. The highest BCUT2D eigenvalue weighted by molar-refractivity contribution is 9.10. The first-order valence-corrected chi connectivity index (χ1v) is 2.98. The number of nitrogens with one attached hydrogen (secondary N) is 1. The molecule has 0 spiro atoms. The van der Waals surface area contributed by atoms with Crippen molar-refractivity contribution < 1.29 is 0 Å². The molecule has 4 heteroatoms. The Kier molecular flexibility index (Phi) is 6.89. The molecule has 0 aromatic heterocycles. The van der Waals surface area contributed by atoms with E-state index in [-0.39, 0.29) is 21.3 Å². The Balaban J connectivity index is 0. The maximum Gasteiger partial charge on any atom is 0.0339 e. The molecule has 0 fully saturated rings. The summed E-state index contributed by atoms with van der Waals surface area (Å²) in [7, 11) is 0. The summed E-state index contributed by atoms with van der Waals surface area (Å²) in [5, 5.41) is 0. The van der Waals surface area contributed by atoms with Gasteiger partial charge in [0.05, 0.1) is 0 Å². The first kappa shape index (κ1) is 11.6. The van der Waals surface area contributed by atoms with Crippen molar-refractivity contribution in [1.29, 1.82) is 0 Å². The molecule has 3 N–H and O–H groups in total. The molecule has 0 saturated heterocycles. The standard InChI is InChI=1S/C4H11BrN2.BrH/c1-4(2,5)3-7-6;/h7H,3,6H2,1-2H3;1H. The Morgan fingerprint density at radius 2 is 2.00 bits per heavy atom. The largest absolute Gasteiger partial charge is 0.271 e. The molecule has 0 aliphatic rings. The predicted molar refractivity (Wildman–Crippen MR) is 45.5 cm³/mol. The average molecular weight is 248 g/mol. The van der Waals surface area contributed by atoms with Crippen LogP contribution < -0.4 is 11.3 Å². The zero-order valence-corrected chi connectivity index (χ0v) is 8.37. The molecule has 0 saturated carbocycles. The Bertz CT molecular complexity index is 50.5. The van der Waals surface area contributed by atoms with Gasteiger partial charge in [0.1, 0.15) is 0 Å². The number of alkyl halides is 1. The molecule has 0 unspecified atom stereocenters. The molecule has 0 amide bonds. The van der Waals surface area contributed by atoms with Gasteiger partial charge in [0.2, 0.25) is 0 Å². The number of hydrazine groups is 1. The molecule has 0 atom stereocenters. The van der Waals surface area contributed by atoms with Gasteiger partial charge < -0.3 is 0 Å². The summed E-state index contributed by atoms with van der Waals surface area (Å²) < 4.78 is 0.127. The molecule has 0 aliphatic carbocycles. The summed E-state index contributed by atoms with van der Waals surface area (Å²) in [6, 6.07) is 0. The van der Waals surface area contributed by atoms with Crippen molar-refractivity contribution in [1.82, 2.24) is 5.43 Å². The number of halogens is 2. The lowest BCUT2D eigenvalue weighted by molar-refractivity contribution is 0.620. The topological polar surface area (TPSA) is 38.0 Å². The third-order valence-corrected chi connectivity index (χ3v) is 0.803. The van der Waals surface area contributed by atoms with Crippen LogP contribution in [0.1, 0.15) is 13.8 Å². The second-order valence-electron chi connectivity index (χ2n) is 2.10. The summed E-state index contributed by atoms with van der Waals surface area (Å²) in [4.78, 5) is 0. The number of hydrogen-bond donors (Lipinski definition) is 2. The predicted octanol–water partition coefficient (Wildman–Crippen LogP) is 1.20. The van der Waals surface area contributed by atoms with E-state index in [2.05, 4.69) is 21.4 Å². The fraction of sp³-hybridized carbons (Fsp3) is 1.00. The zero-order valence-electron chi connectivity index (χ0n) is 5.07. The maximum absolute atomic E-state index is 5.03. The normalized spacial score (nSPS) is 10.5. The van der Waals surface area contributed by atoms with Crippen molar-refractivity contribution >= 4 is 32.9 Å². The van der Waals surface area contributed by atoms with Crippen LogP contribution in [0.15, 0.2) is 0 Å². The van der Waals surface area contributed by atoms with Gasteiger partial charge in [-0.25, -0.2) is 0 Å². The highest BCUT2D eigenvalue weighted by atomic mass is 79.9. The molecule has 0 heterocycles. The molecule has 0 radical (unpaired) electrons. The molecular formula is C4H12Br2N2. The molecule has 0 rings (SSSR count). The van der Waals surface area contributed by atoms with E-state index in [4.69, 9.17) is 5.84 Å². The van der Waals surface area contributed by atoms with E-state index in [0.29, 0.717) is 0 Å². The van der Waals surface area contributed by atoms with Gasteiger partial charge >= 0.3 is 0 Å². The SMILES string of the molecule is Br.CC(C)(Br)CNN. The molecule has 52 valence electrons. The minimum atomic E-state index is 0. The summed E-state index contributed by atoms with van der Waals surface area (Å²) in [5.74, 6) is 5.03. The summed E-state index contributed by atoms with van der Waals surface area (Å²) >= 11 is 3.40. The van der Waals surface area contributed by atoms with Gasteiger partial charge in [-0.1, -0.05) is 15.9 Å². The highest BCUT2D eigenvalue weighted by Crippen LogP contribution is 2.12. The van der Waals surface area contributed by atoms with E-state index in [1.54, 1.807) is 0 Å². The first-order chi connectivity index (χ1) is 3.06. The van der Waals surface area contributed by atoms with E-state index in [9.17, 15) is 0 Å². The summed E-state index contributed by atoms with van der Waals surface area (Å²) in [6.07, 6.45) is 0. The van der Waals surface area contributed by atoms with Crippen molar-refractivity contribution in [2.75, 3.05) is 6.54 Å². The van der Waals surface area contributed by atoms with Crippen molar-refractivity contribution in [2.45, 2.75) is 18.2 Å². The molecule has 0 aromatic carbocycles. The molecule has 0 aliphatic heterocycles. The van der Waals surface area contributed by atoms with Crippen LogP contribution in [0.25, 0.3) is 0 Å². The van der Waals surface area contributed by atoms with E-state index < -0.39 is 0 Å².